The van der Waals surface area contributed by atoms with Crippen LogP contribution in [0, 0.1) is 11.8 Å². The lowest BCUT2D eigenvalue weighted by Crippen LogP contribution is -2.35. The Bertz CT molecular complexity index is 255. The van der Waals surface area contributed by atoms with Crippen molar-refractivity contribution in [3.63, 3.8) is 0 Å². The van der Waals surface area contributed by atoms with Crippen molar-refractivity contribution in [1.29, 1.82) is 0 Å². The normalized spacial score (nSPS) is 52.4. The van der Waals surface area contributed by atoms with Crippen LogP contribution in [-0.2, 0) is 14.3 Å². The van der Waals surface area contributed by atoms with Gasteiger partial charge in [-0.05, 0) is 12.7 Å². The van der Waals surface area contributed by atoms with Crippen molar-refractivity contribution in [2.24, 2.45) is 11.8 Å². The second kappa shape index (κ2) is 2.64. The third-order valence-electron chi connectivity index (χ3n) is 3.45. The highest BCUT2D eigenvalue weighted by Crippen LogP contribution is 2.50. The van der Waals surface area contributed by atoms with Gasteiger partial charge in [0.15, 0.2) is 0 Å². The topological polar surface area (TPSA) is 35.5 Å². The van der Waals surface area contributed by atoms with Crippen LogP contribution >= 0.6 is 11.8 Å². The lowest BCUT2D eigenvalue weighted by molar-refractivity contribution is -0.143. The predicted molar refractivity (Wildman–Crippen MR) is 48.5 cm³/mol. The minimum Gasteiger partial charge on any atom is -0.465 e. The molecule has 2 bridgehead atoms. The molecule has 0 aliphatic carbocycles. The van der Waals surface area contributed by atoms with Crippen molar-refractivity contribution in [3.05, 3.63) is 0 Å². The zero-order chi connectivity index (χ0) is 9.00. The van der Waals surface area contributed by atoms with Gasteiger partial charge in [0, 0.05) is 11.2 Å². The molecule has 0 radical (unpaired) electrons. The van der Waals surface area contributed by atoms with Gasteiger partial charge < -0.3 is 9.47 Å². The number of carbonyl (C=O) groups excluding carboxylic acids is 1. The first-order valence-electron chi connectivity index (χ1n) is 4.66. The van der Waals surface area contributed by atoms with E-state index in [-0.39, 0.29) is 18.0 Å². The summed E-state index contributed by atoms with van der Waals surface area (Å²) < 4.78 is 10.9. The van der Waals surface area contributed by atoms with E-state index in [4.69, 9.17) is 9.47 Å². The molecule has 3 rings (SSSR count). The summed E-state index contributed by atoms with van der Waals surface area (Å²) in [5.74, 6) is 0.383. The van der Waals surface area contributed by atoms with E-state index in [1.54, 1.807) is 0 Å². The molecule has 0 saturated carbocycles. The van der Waals surface area contributed by atoms with Crippen molar-refractivity contribution < 1.29 is 14.3 Å². The van der Waals surface area contributed by atoms with Gasteiger partial charge in [0.2, 0.25) is 0 Å². The molecule has 72 valence electrons. The number of ether oxygens (including phenoxy) is 2. The van der Waals surface area contributed by atoms with Crippen LogP contribution in [0.2, 0.25) is 0 Å². The summed E-state index contributed by atoms with van der Waals surface area (Å²) in [6.07, 6.45) is 3.62. The summed E-state index contributed by atoms with van der Waals surface area (Å²) in [5, 5.41) is 0.511. The third-order valence-corrected chi connectivity index (χ3v) is 4.51. The van der Waals surface area contributed by atoms with Crippen molar-refractivity contribution in [3.8, 4) is 0 Å². The largest absolute Gasteiger partial charge is 0.465 e. The molecule has 3 aliphatic heterocycles. The Labute approximate surface area is 81.2 Å². The molecule has 3 saturated heterocycles. The molecular weight excluding hydrogens is 188 g/mol. The Morgan fingerprint density at radius 1 is 1.54 bits per heavy atom. The van der Waals surface area contributed by atoms with E-state index >= 15 is 0 Å². The van der Waals surface area contributed by atoms with Crippen LogP contribution in [0.4, 0.5) is 0 Å². The fourth-order valence-corrected chi connectivity index (χ4v) is 3.68. The average Bonchev–Trinajstić information content (AvgIpc) is 2.76. The molecule has 4 heteroatoms. The molecule has 0 aromatic heterocycles. The maximum absolute atomic E-state index is 11.4. The standard InChI is InChI=1S/C9H12O3S/c1-13-6-2-5-4-3-11-9(10)7(4)8(6)12-5/h4-8H,2-3H2,1H3/t4?,5?,6-,7?,8?/m1/s1. The maximum atomic E-state index is 11.4. The quantitative estimate of drug-likeness (QED) is 0.583. The van der Waals surface area contributed by atoms with Gasteiger partial charge in [0.1, 0.15) is 0 Å². The van der Waals surface area contributed by atoms with Gasteiger partial charge >= 0.3 is 5.97 Å². The van der Waals surface area contributed by atoms with Gasteiger partial charge in [-0.15, -0.1) is 0 Å². The molecule has 0 N–H and O–H groups in total. The second-order valence-corrected chi connectivity index (χ2v) is 5.05. The van der Waals surface area contributed by atoms with Crippen molar-refractivity contribution in [1.82, 2.24) is 0 Å². The molecule has 3 heterocycles. The third kappa shape index (κ3) is 0.931. The summed E-state index contributed by atoms with van der Waals surface area (Å²) in [7, 11) is 0. The van der Waals surface area contributed by atoms with E-state index in [0.29, 0.717) is 23.9 Å². The van der Waals surface area contributed by atoms with Gasteiger partial charge in [-0.3, -0.25) is 4.79 Å². The Hall–Kier alpha value is -0.220. The van der Waals surface area contributed by atoms with Gasteiger partial charge in [-0.1, -0.05) is 0 Å². The Kier molecular flexibility index (Phi) is 1.65. The van der Waals surface area contributed by atoms with E-state index in [1.165, 1.54) is 0 Å². The highest BCUT2D eigenvalue weighted by atomic mass is 32.2. The van der Waals surface area contributed by atoms with Crippen LogP contribution in [0.1, 0.15) is 6.42 Å². The summed E-state index contributed by atoms with van der Waals surface area (Å²) in [4.78, 5) is 11.4. The maximum Gasteiger partial charge on any atom is 0.312 e. The minimum atomic E-state index is -0.0312. The van der Waals surface area contributed by atoms with E-state index in [1.807, 2.05) is 11.8 Å². The summed E-state index contributed by atoms with van der Waals surface area (Å²) in [6.45, 7) is 0.589. The van der Waals surface area contributed by atoms with Crippen LogP contribution in [0.5, 0.6) is 0 Å². The van der Waals surface area contributed by atoms with Gasteiger partial charge in [0.25, 0.3) is 0 Å². The number of rotatable bonds is 1. The van der Waals surface area contributed by atoms with Crippen LogP contribution in [-0.4, -0.2) is 36.3 Å². The molecule has 0 spiro atoms. The number of carbonyl (C=O) groups is 1. The summed E-state index contributed by atoms with van der Waals surface area (Å²) in [5.41, 5.74) is 0. The highest BCUT2D eigenvalue weighted by Gasteiger charge is 2.60. The predicted octanol–water partition coefficient (Wildman–Crippen LogP) is 0.678. The number of hydrogen-bond acceptors (Lipinski definition) is 4. The molecule has 13 heavy (non-hydrogen) atoms. The number of cyclic esters (lactones) is 1. The van der Waals surface area contributed by atoms with Crippen LogP contribution in [0.3, 0.4) is 0 Å². The first kappa shape index (κ1) is 8.12. The number of fused-ring (bicyclic) bond motifs is 5. The highest BCUT2D eigenvalue weighted by molar-refractivity contribution is 7.99. The fourth-order valence-electron chi connectivity index (χ4n) is 2.80. The first-order chi connectivity index (χ1) is 6.31. The lowest BCUT2D eigenvalue weighted by atomic mass is 9.81. The number of thioether (sulfide) groups is 1. The van der Waals surface area contributed by atoms with E-state index in [0.717, 1.165) is 6.42 Å². The Balaban J connectivity index is 1.89. The smallest absolute Gasteiger partial charge is 0.312 e. The molecule has 4 unspecified atom stereocenters. The second-order valence-electron chi connectivity index (χ2n) is 3.97. The fraction of sp³-hybridized carbons (Fsp3) is 0.889. The summed E-state index contributed by atoms with van der Waals surface area (Å²) >= 11 is 1.81. The van der Waals surface area contributed by atoms with Gasteiger partial charge in [-0.2, -0.15) is 11.8 Å². The van der Waals surface area contributed by atoms with Crippen molar-refractivity contribution >= 4 is 17.7 Å². The molecule has 5 atom stereocenters. The SMILES string of the molecule is CS[C@@H]1CC2OC1C1C(=O)OCC21. The number of hydrogen-bond donors (Lipinski definition) is 0. The van der Waals surface area contributed by atoms with Crippen LogP contribution in [0.15, 0.2) is 0 Å². The average molecular weight is 200 g/mol. The molecule has 0 aromatic carbocycles. The molecular formula is C9H12O3S. The number of esters is 1. The Morgan fingerprint density at radius 2 is 2.38 bits per heavy atom. The van der Waals surface area contributed by atoms with Gasteiger partial charge in [0.05, 0.1) is 24.7 Å². The molecule has 3 nitrogen and oxygen atoms in total. The van der Waals surface area contributed by atoms with Crippen LogP contribution in [0.25, 0.3) is 0 Å². The van der Waals surface area contributed by atoms with E-state index in [2.05, 4.69) is 6.26 Å². The van der Waals surface area contributed by atoms with E-state index in [9.17, 15) is 4.79 Å². The lowest BCUT2D eigenvalue weighted by Gasteiger charge is -2.22. The van der Waals surface area contributed by atoms with Crippen molar-refractivity contribution in [2.45, 2.75) is 23.9 Å². The molecule has 0 aromatic rings. The zero-order valence-corrected chi connectivity index (χ0v) is 8.25. The monoisotopic (exact) mass is 200 g/mol. The minimum absolute atomic E-state index is 0.0312. The molecule has 0 amide bonds. The first-order valence-corrected chi connectivity index (χ1v) is 5.95. The van der Waals surface area contributed by atoms with Gasteiger partial charge in [-0.25, -0.2) is 0 Å². The van der Waals surface area contributed by atoms with Crippen LogP contribution < -0.4 is 0 Å². The zero-order valence-electron chi connectivity index (χ0n) is 7.43. The summed E-state index contributed by atoms with van der Waals surface area (Å²) in [6, 6.07) is 0. The van der Waals surface area contributed by atoms with Crippen molar-refractivity contribution in [2.75, 3.05) is 12.9 Å². The molecule has 3 aliphatic rings. The van der Waals surface area contributed by atoms with E-state index < -0.39 is 0 Å². The Morgan fingerprint density at radius 3 is 3.15 bits per heavy atom. The molecule has 3 fully saturated rings.